The fourth-order valence-corrected chi connectivity index (χ4v) is 3.77. The van der Waals surface area contributed by atoms with Gasteiger partial charge in [-0.25, -0.2) is 4.98 Å². The number of anilines is 2. The summed E-state index contributed by atoms with van der Waals surface area (Å²) < 4.78 is 2.06. The molecule has 7 nitrogen and oxygen atoms in total. The number of nitrogen functional groups attached to an aromatic ring is 1. The SMILES string of the molecule is CNc1nc(N)nc2cc(-c3ccccc3CCC(=O)O)c3c(ccn3C)c12. The summed E-state index contributed by atoms with van der Waals surface area (Å²) in [6, 6.07) is 12.0. The number of hydrogen-bond donors (Lipinski definition) is 3. The molecule has 4 aromatic rings. The van der Waals surface area contributed by atoms with E-state index in [4.69, 9.17) is 10.8 Å². The Morgan fingerprint density at radius 2 is 2.00 bits per heavy atom. The summed E-state index contributed by atoms with van der Waals surface area (Å²) in [5, 5.41) is 14.2. The number of carboxylic acids is 1. The summed E-state index contributed by atoms with van der Waals surface area (Å²) in [5.74, 6) is 0.0816. The molecule has 0 unspecified atom stereocenters. The molecule has 4 N–H and O–H groups in total. The minimum atomic E-state index is -0.809. The third-order valence-electron chi connectivity index (χ3n) is 4.98. The van der Waals surface area contributed by atoms with Gasteiger partial charge in [0, 0.05) is 37.7 Å². The fraction of sp³-hybridized carbons (Fsp3) is 0.190. The molecule has 2 aromatic heterocycles. The van der Waals surface area contributed by atoms with Crippen molar-refractivity contribution in [1.82, 2.24) is 14.5 Å². The second kappa shape index (κ2) is 6.84. The number of carbonyl (C=O) groups is 1. The number of nitrogens with one attached hydrogen (secondary N) is 1. The first kappa shape index (κ1) is 17.8. The quantitative estimate of drug-likeness (QED) is 0.493. The molecule has 142 valence electrons. The lowest BCUT2D eigenvalue weighted by atomic mass is 9.94. The molecule has 0 saturated carbocycles. The van der Waals surface area contributed by atoms with E-state index < -0.39 is 5.97 Å². The molecule has 0 bridgehead atoms. The number of aryl methyl sites for hydroxylation is 2. The van der Waals surface area contributed by atoms with Crippen LogP contribution >= 0.6 is 0 Å². The van der Waals surface area contributed by atoms with Crippen LogP contribution in [0.15, 0.2) is 42.6 Å². The Morgan fingerprint density at radius 3 is 2.75 bits per heavy atom. The van der Waals surface area contributed by atoms with Gasteiger partial charge >= 0.3 is 5.97 Å². The third kappa shape index (κ3) is 2.90. The van der Waals surface area contributed by atoms with Crippen LogP contribution in [0.1, 0.15) is 12.0 Å². The Kier molecular flexibility index (Phi) is 4.35. The normalized spacial score (nSPS) is 11.2. The summed E-state index contributed by atoms with van der Waals surface area (Å²) >= 11 is 0. The van der Waals surface area contributed by atoms with E-state index in [1.165, 1.54) is 0 Å². The molecule has 0 fully saturated rings. The fourth-order valence-electron chi connectivity index (χ4n) is 3.77. The standard InChI is InChI=1S/C21H21N5O2/c1-23-20-18-14-9-10-26(2)19(14)15(11-16(18)24-21(22)25-20)13-6-4-3-5-12(13)7-8-17(27)28/h3-6,9-11H,7-8H2,1-2H3,(H,27,28)(H3,22,23,24,25). The van der Waals surface area contributed by atoms with E-state index in [1.807, 2.05) is 56.7 Å². The summed E-state index contributed by atoms with van der Waals surface area (Å²) in [7, 11) is 3.81. The van der Waals surface area contributed by atoms with E-state index in [2.05, 4.69) is 19.9 Å². The predicted octanol–water partition coefficient (Wildman–Crippen LogP) is 3.43. The number of aromatic nitrogens is 3. The maximum atomic E-state index is 11.1. The topological polar surface area (TPSA) is 106 Å². The molecule has 2 heterocycles. The molecule has 2 aromatic carbocycles. The Morgan fingerprint density at radius 1 is 1.21 bits per heavy atom. The summed E-state index contributed by atoms with van der Waals surface area (Å²) in [4.78, 5) is 19.9. The van der Waals surface area contributed by atoms with E-state index in [9.17, 15) is 4.79 Å². The second-order valence-corrected chi connectivity index (χ2v) is 6.74. The van der Waals surface area contributed by atoms with Gasteiger partial charge in [0.15, 0.2) is 0 Å². The molecular weight excluding hydrogens is 354 g/mol. The van der Waals surface area contributed by atoms with Crippen molar-refractivity contribution in [2.75, 3.05) is 18.1 Å². The lowest BCUT2D eigenvalue weighted by Crippen LogP contribution is -2.03. The molecule has 0 spiro atoms. The second-order valence-electron chi connectivity index (χ2n) is 6.74. The van der Waals surface area contributed by atoms with Gasteiger partial charge in [-0.05, 0) is 29.7 Å². The van der Waals surface area contributed by atoms with E-state index in [0.717, 1.165) is 38.5 Å². The first-order valence-electron chi connectivity index (χ1n) is 9.02. The highest BCUT2D eigenvalue weighted by Gasteiger charge is 2.18. The molecule has 0 aliphatic rings. The number of rotatable bonds is 5. The first-order valence-corrected chi connectivity index (χ1v) is 9.02. The van der Waals surface area contributed by atoms with Gasteiger partial charge in [-0.1, -0.05) is 24.3 Å². The van der Waals surface area contributed by atoms with Gasteiger partial charge in [0.1, 0.15) is 5.82 Å². The number of hydrogen-bond acceptors (Lipinski definition) is 5. The molecule has 4 rings (SSSR count). The van der Waals surface area contributed by atoms with Crippen molar-refractivity contribution in [3.8, 4) is 11.1 Å². The van der Waals surface area contributed by atoms with Gasteiger partial charge in [0.25, 0.3) is 0 Å². The largest absolute Gasteiger partial charge is 0.481 e. The summed E-state index contributed by atoms with van der Waals surface area (Å²) in [6.07, 6.45) is 2.55. The van der Waals surface area contributed by atoms with Crippen molar-refractivity contribution in [3.05, 3.63) is 48.2 Å². The van der Waals surface area contributed by atoms with Crippen LogP contribution < -0.4 is 11.1 Å². The molecule has 0 saturated heterocycles. The molecule has 0 radical (unpaired) electrons. The predicted molar refractivity (Wildman–Crippen MR) is 111 cm³/mol. The number of benzene rings is 2. The highest BCUT2D eigenvalue weighted by molar-refractivity contribution is 6.16. The third-order valence-corrected chi connectivity index (χ3v) is 4.98. The van der Waals surface area contributed by atoms with Crippen molar-refractivity contribution in [3.63, 3.8) is 0 Å². The number of nitrogens with two attached hydrogens (primary N) is 1. The van der Waals surface area contributed by atoms with Gasteiger partial charge < -0.3 is 20.7 Å². The zero-order valence-corrected chi connectivity index (χ0v) is 15.7. The molecular formula is C21H21N5O2. The maximum Gasteiger partial charge on any atom is 0.303 e. The summed E-state index contributed by atoms with van der Waals surface area (Å²) in [5.41, 5.74) is 10.7. The maximum absolute atomic E-state index is 11.1. The minimum Gasteiger partial charge on any atom is -0.481 e. The number of fused-ring (bicyclic) bond motifs is 3. The van der Waals surface area contributed by atoms with Crippen molar-refractivity contribution in [2.45, 2.75) is 12.8 Å². The van der Waals surface area contributed by atoms with Gasteiger partial charge in [-0.3, -0.25) is 4.79 Å². The van der Waals surface area contributed by atoms with Crippen LogP contribution in [-0.4, -0.2) is 32.7 Å². The Balaban J connectivity index is 2.05. The Labute approximate surface area is 161 Å². The minimum absolute atomic E-state index is 0.0832. The average molecular weight is 375 g/mol. The smallest absolute Gasteiger partial charge is 0.303 e. The number of nitrogens with zero attached hydrogens (tertiary/aromatic N) is 3. The molecule has 7 heteroatoms. The average Bonchev–Trinajstić information content (AvgIpc) is 3.06. The van der Waals surface area contributed by atoms with Gasteiger partial charge in [0.2, 0.25) is 5.95 Å². The number of carboxylic acid groups (broad SMARTS) is 1. The summed E-state index contributed by atoms with van der Waals surface area (Å²) in [6.45, 7) is 0. The zero-order valence-electron chi connectivity index (χ0n) is 15.7. The van der Waals surface area contributed by atoms with Crippen molar-refractivity contribution >= 4 is 39.5 Å². The van der Waals surface area contributed by atoms with Gasteiger partial charge in [-0.2, -0.15) is 4.98 Å². The van der Waals surface area contributed by atoms with E-state index in [1.54, 1.807) is 0 Å². The molecule has 0 aliphatic heterocycles. The van der Waals surface area contributed by atoms with Crippen molar-refractivity contribution in [1.29, 1.82) is 0 Å². The lowest BCUT2D eigenvalue weighted by Gasteiger charge is -2.15. The Hall–Kier alpha value is -3.61. The van der Waals surface area contributed by atoms with Crippen molar-refractivity contribution < 1.29 is 9.90 Å². The molecule has 0 amide bonds. The molecule has 0 atom stereocenters. The van der Waals surface area contributed by atoms with Crippen LogP contribution in [0.4, 0.5) is 11.8 Å². The lowest BCUT2D eigenvalue weighted by molar-refractivity contribution is -0.136. The van der Waals surface area contributed by atoms with Crippen LogP contribution in [0.2, 0.25) is 0 Å². The van der Waals surface area contributed by atoms with Crippen LogP contribution in [0.25, 0.3) is 32.9 Å². The highest BCUT2D eigenvalue weighted by atomic mass is 16.4. The highest BCUT2D eigenvalue weighted by Crippen LogP contribution is 2.38. The zero-order chi connectivity index (χ0) is 19.8. The Bertz CT molecular complexity index is 1210. The van der Waals surface area contributed by atoms with Crippen LogP contribution in [0, 0.1) is 0 Å². The van der Waals surface area contributed by atoms with E-state index in [0.29, 0.717) is 12.2 Å². The van der Waals surface area contributed by atoms with Crippen molar-refractivity contribution in [2.24, 2.45) is 7.05 Å². The number of aliphatic carboxylic acids is 1. The van der Waals surface area contributed by atoms with Gasteiger partial charge in [-0.15, -0.1) is 0 Å². The molecule has 28 heavy (non-hydrogen) atoms. The van der Waals surface area contributed by atoms with E-state index >= 15 is 0 Å². The van der Waals surface area contributed by atoms with Crippen LogP contribution in [0.3, 0.4) is 0 Å². The first-order chi connectivity index (χ1) is 13.5. The molecule has 0 aliphatic carbocycles. The van der Waals surface area contributed by atoms with Gasteiger partial charge in [0.05, 0.1) is 16.4 Å². The van der Waals surface area contributed by atoms with Crippen LogP contribution in [0.5, 0.6) is 0 Å². The van der Waals surface area contributed by atoms with Crippen LogP contribution in [-0.2, 0) is 18.3 Å². The monoisotopic (exact) mass is 375 g/mol. The van der Waals surface area contributed by atoms with E-state index in [-0.39, 0.29) is 12.4 Å².